The average Bonchev–Trinajstić information content (AvgIpc) is 2.50. The summed E-state index contributed by atoms with van der Waals surface area (Å²) in [7, 11) is 0. The molecular weight excluding hydrogens is 267 g/mol. The lowest BCUT2D eigenvalue weighted by Gasteiger charge is -2.26. The van der Waals surface area contributed by atoms with Gasteiger partial charge in [-0.15, -0.1) is 0 Å². The van der Waals surface area contributed by atoms with E-state index in [1.54, 1.807) is 12.1 Å². The average molecular weight is 284 g/mol. The van der Waals surface area contributed by atoms with Gasteiger partial charge in [-0.25, -0.2) is 4.39 Å². The Morgan fingerprint density at radius 1 is 1.29 bits per heavy atom. The molecule has 2 N–H and O–H groups in total. The van der Waals surface area contributed by atoms with Gasteiger partial charge in [-0.2, -0.15) is 0 Å². The zero-order chi connectivity index (χ0) is 14.8. The molecule has 0 bridgehead atoms. The molecule has 1 aliphatic heterocycles. The third-order valence-corrected chi connectivity index (χ3v) is 3.78. The van der Waals surface area contributed by atoms with Crippen molar-refractivity contribution in [1.82, 2.24) is 0 Å². The smallest absolute Gasteiger partial charge is 0.232 e. The first-order chi connectivity index (χ1) is 10.1. The van der Waals surface area contributed by atoms with E-state index in [4.69, 9.17) is 0 Å². The summed E-state index contributed by atoms with van der Waals surface area (Å²) in [6.45, 7) is 2.61. The van der Waals surface area contributed by atoms with Crippen molar-refractivity contribution in [2.24, 2.45) is 0 Å². The highest BCUT2D eigenvalue weighted by molar-refractivity contribution is 5.97. The number of fused-ring (bicyclic) bond motifs is 1. The number of hydrogen-bond donors (Lipinski definition) is 2. The molecule has 21 heavy (non-hydrogen) atoms. The van der Waals surface area contributed by atoms with E-state index < -0.39 is 5.82 Å². The predicted molar refractivity (Wildman–Crippen MR) is 82.1 cm³/mol. The topological polar surface area (TPSA) is 41.1 Å². The van der Waals surface area contributed by atoms with Gasteiger partial charge in [0.25, 0.3) is 0 Å². The van der Waals surface area contributed by atoms with E-state index >= 15 is 0 Å². The fraction of sp³-hybridized carbons (Fsp3) is 0.235. The fourth-order valence-electron chi connectivity index (χ4n) is 2.70. The number of anilines is 2. The summed E-state index contributed by atoms with van der Waals surface area (Å²) in [5, 5.41) is 6.00. The lowest BCUT2D eigenvalue weighted by molar-refractivity contribution is -0.117. The van der Waals surface area contributed by atoms with Gasteiger partial charge in [-0.3, -0.25) is 4.79 Å². The number of amides is 1. The number of benzene rings is 2. The molecule has 0 aliphatic carbocycles. The minimum absolute atomic E-state index is 0.159. The fourth-order valence-corrected chi connectivity index (χ4v) is 2.70. The largest absolute Gasteiger partial charge is 0.385 e. The first-order valence-corrected chi connectivity index (χ1v) is 7.05. The first kappa shape index (κ1) is 13.6. The second-order valence-corrected chi connectivity index (χ2v) is 5.33. The van der Waals surface area contributed by atoms with Crippen molar-refractivity contribution in [3.63, 3.8) is 0 Å². The monoisotopic (exact) mass is 284 g/mol. The van der Waals surface area contributed by atoms with E-state index in [1.807, 2.05) is 31.2 Å². The number of nitrogens with one attached hydrogen (secondary N) is 2. The van der Waals surface area contributed by atoms with Crippen LogP contribution in [0.1, 0.15) is 23.5 Å². The summed E-state index contributed by atoms with van der Waals surface area (Å²) in [4.78, 5) is 12.5. The molecule has 0 saturated carbocycles. The molecule has 0 radical (unpaired) electrons. The maximum Gasteiger partial charge on any atom is 0.232 e. The Hall–Kier alpha value is -2.36. The van der Waals surface area contributed by atoms with Crippen LogP contribution in [-0.4, -0.2) is 12.5 Å². The Labute approximate surface area is 123 Å². The number of para-hydroxylation sites is 1. The van der Waals surface area contributed by atoms with Crippen molar-refractivity contribution in [3.05, 3.63) is 59.4 Å². The van der Waals surface area contributed by atoms with E-state index in [0.29, 0.717) is 6.42 Å². The number of hydrogen-bond acceptors (Lipinski definition) is 2. The number of carbonyl (C=O) groups excluding carboxylic acids is 1. The third kappa shape index (κ3) is 2.75. The lowest BCUT2D eigenvalue weighted by atomic mass is 9.90. The van der Waals surface area contributed by atoms with Crippen LogP contribution in [0.4, 0.5) is 15.8 Å². The first-order valence-electron chi connectivity index (χ1n) is 7.05. The molecule has 2 aromatic carbocycles. The summed E-state index contributed by atoms with van der Waals surface area (Å²) in [5.74, 6) is -0.813. The summed E-state index contributed by atoms with van der Waals surface area (Å²) < 4.78 is 13.8. The van der Waals surface area contributed by atoms with E-state index in [-0.39, 0.29) is 17.5 Å². The van der Waals surface area contributed by atoms with Gasteiger partial charge in [0.1, 0.15) is 5.82 Å². The SMILES string of the molecule is Cc1ccc(F)c(NC(=O)C2CCNc3ccccc32)c1. The summed E-state index contributed by atoms with van der Waals surface area (Å²) >= 11 is 0. The second kappa shape index (κ2) is 5.56. The van der Waals surface area contributed by atoms with Gasteiger partial charge in [0.05, 0.1) is 11.6 Å². The van der Waals surface area contributed by atoms with Gasteiger partial charge in [0, 0.05) is 12.2 Å². The highest BCUT2D eigenvalue weighted by Gasteiger charge is 2.26. The molecule has 1 unspecified atom stereocenters. The van der Waals surface area contributed by atoms with Crippen LogP contribution in [-0.2, 0) is 4.79 Å². The molecule has 0 fully saturated rings. The Bertz CT molecular complexity index is 684. The summed E-state index contributed by atoms with van der Waals surface area (Å²) in [5.41, 5.74) is 3.11. The molecule has 1 heterocycles. The Morgan fingerprint density at radius 3 is 2.95 bits per heavy atom. The van der Waals surface area contributed by atoms with Gasteiger partial charge in [-0.05, 0) is 42.7 Å². The normalized spacial score (nSPS) is 16.8. The lowest BCUT2D eigenvalue weighted by Crippen LogP contribution is -2.27. The van der Waals surface area contributed by atoms with E-state index in [0.717, 1.165) is 23.4 Å². The molecule has 1 amide bonds. The molecule has 1 atom stereocenters. The zero-order valence-corrected chi connectivity index (χ0v) is 11.8. The summed E-state index contributed by atoms with van der Waals surface area (Å²) in [6.07, 6.45) is 0.705. The van der Waals surface area contributed by atoms with E-state index in [1.165, 1.54) is 6.07 Å². The standard InChI is InChI=1S/C17H17FN2O/c1-11-6-7-14(18)16(10-11)20-17(21)13-8-9-19-15-5-3-2-4-12(13)15/h2-7,10,13,19H,8-9H2,1H3,(H,20,21). The number of rotatable bonds is 2. The molecular formula is C17H17FN2O. The van der Waals surface area contributed by atoms with Crippen LogP contribution < -0.4 is 10.6 Å². The van der Waals surface area contributed by atoms with Crippen molar-refractivity contribution in [1.29, 1.82) is 0 Å². The number of carbonyl (C=O) groups is 1. The zero-order valence-electron chi connectivity index (χ0n) is 11.8. The van der Waals surface area contributed by atoms with Crippen LogP contribution in [0.5, 0.6) is 0 Å². The molecule has 108 valence electrons. The minimum atomic E-state index is -0.406. The molecule has 0 aromatic heterocycles. The third-order valence-electron chi connectivity index (χ3n) is 3.78. The quantitative estimate of drug-likeness (QED) is 0.883. The number of aryl methyl sites for hydroxylation is 1. The maximum absolute atomic E-state index is 13.8. The van der Waals surface area contributed by atoms with Crippen LogP contribution >= 0.6 is 0 Å². The van der Waals surface area contributed by atoms with Gasteiger partial charge < -0.3 is 10.6 Å². The van der Waals surface area contributed by atoms with Crippen molar-refractivity contribution in [3.8, 4) is 0 Å². The molecule has 0 spiro atoms. The van der Waals surface area contributed by atoms with Crippen molar-refractivity contribution < 1.29 is 9.18 Å². The van der Waals surface area contributed by atoms with Crippen LogP contribution in [0.3, 0.4) is 0 Å². The molecule has 2 aromatic rings. The van der Waals surface area contributed by atoms with Crippen LogP contribution in [0, 0.1) is 12.7 Å². The van der Waals surface area contributed by atoms with Crippen LogP contribution in [0.15, 0.2) is 42.5 Å². The molecule has 3 nitrogen and oxygen atoms in total. The molecule has 0 saturated heterocycles. The highest BCUT2D eigenvalue weighted by Crippen LogP contribution is 2.32. The van der Waals surface area contributed by atoms with Crippen molar-refractivity contribution in [2.45, 2.75) is 19.3 Å². The van der Waals surface area contributed by atoms with Crippen molar-refractivity contribution >= 4 is 17.3 Å². The molecule has 1 aliphatic rings. The highest BCUT2D eigenvalue weighted by atomic mass is 19.1. The van der Waals surface area contributed by atoms with Gasteiger partial charge in [0.15, 0.2) is 0 Å². The summed E-state index contributed by atoms with van der Waals surface area (Å²) in [6, 6.07) is 12.5. The van der Waals surface area contributed by atoms with E-state index in [2.05, 4.69) is 10.6 Å². The van der Waals surface area contributed by atoms with E-state index in [9.17, 15) is 9.18 Å². The van der Waals surface area contributed by atoms with Crippen molar-refractivity contribution in [2.75, 3.05) is 17.2 Å². The predicted octanol–water partition coefficient (Wildman–Crippen LogP) is 3.67. The minimum Gasteiger partial charge on any atom is -0.385 e. The second-order valence-electron chi connectivity index (χ2n) is 5.33. The molecule has 3 rings (SSSR count). The number of halogens is 1. The molecule has 4 heteroatoms. The van der Waals surface area contributed by atoms with Gasteiger partial charge >= 0.3 is 0 Å². The Kier molecular flexibility index (Phi) is 3.60. The Balaban J connectivity index is 1.85. The van der Waals surface area contributed by atoms with Gasteiger partial charge in [0.2, 0.25) is 5.91 Å². The van der Waals surface area contributed by atoms with Gasteiger partial charge in [-0.1, -0.05) is 24.3 Å². The van der Waals surface area contributed by atoms with Crippen LogP contribution in [0.25, 0.3) is 0 Å². The van der Waals surface area contributed by atoms with Crippen LogP contribution in [0.2, 0.25) is 0 Å². The maximum atomic E-state index is 13.8. The Morgan fingerprint density at radius 2 is 2.10 bits per heavy atom.